The number of pyridine rings is 1. The maximum Gasteiger partial charge on any atom is 0.253 e. The summed E-state index contributed by atoms with van der Waals surface area (Å²) in [7, 11) is 0. The van der Waals surface area contributed by atoms with Crippen molar-refractivity contribution in [2.75, 3.05) is 37.7 Å². The van der Waals surface area contributed by atoms with Crippen LogP contribution >= 0.6 is 0 Å². The van der Waals surface area contributed by atoms with E-state index in [-0.39, 0.29) is 5.91 Å². The van der Waals surface area contributed by atoms with Gasteiger partial charge in [-0.15, -0.1) is 0 Å². The molecule has 2 heterocycles. The molecule has 0 aliphatic carbocycles. The Balaban J connectivity index is 1.39. The predicted molar refractivity (Wildman–Crippen MR) is 121 cm³/mol. The summed E-state index contributed by atoms with van der Waals surface area (Å²) in [5, 5.41) is 1.19. The van der Waals surface area contributed by atoms with Crippen molar-refractivity contribution in [3.63, 3.8) is 0 Å². The maximum absolute atomic E-state index is 12.9. The summed E-state index contributed by atoms with van der Waals surface area (Å²) in [5.74, 6) is 2.35. The van der Waals surface area contributed by atoms with E-state index in [2.05, 4.69) is 43.9 Å². The van der Waals surface area contributed by atoms with Gasteiger partial charge in [-0.25, -0.2) is 4.98 Å². The van der Waals surface area contributed by atoms with E-state index in [1.807, 2.05) is 41.3 Å². The van der Waals surface area contributed by atoms with Gasteiger partial charge in [0.05, 0.1) is 12.1 Å². The number of hydrogen-bond acceptors (Lipinski definition) is 4. The van der Waals surface area contributed by atoms with Crippen molar-refractivity contribution < 1.29 is 9.53 Å². The zero-order valence-electron chi connectivity index (χ0n) is 18.0. The average molecular weight is 404 g/mol. The molecule has 5 heteroatoms. The van der Waals surface area contributed by atoms with Crippen molar-refractivity contribution in [3.05, 3.63) is 65.7 Å². The molecule has 0 saturated carbocycles. The third kappa shape index (κ3) is 4.40. The fourth-order valence-corrected chi connectivity index (χ4v) is 3.77. The molecule has 0 atom stereocenters. The first-order valence-electron chi connectivity index (χ1n) is 10.6. The normalized spacial score (nSPS) is 14.4. The molecule has 0 unspecified atom stereocenters. The van der Waals surface area contributed by atoms with E-state index < -0.39 is 0 Å². The Morgan fingerprint density at radius 3 is 2.43 bits per heavy atom. The van der Waals surface area contributed by atoms with Crippen molar-refractivity contribution in [2.45, 2.75) is 20.8 Å². The Morgan fingerprint density at radius 2 is 1.73 bits per heavy atom. The van der Waals surface area contributed by atoms with E-state index >= 15 is 0 Å². The number of nitrogens with zero attached hydrogens (tertiary/aromatic N) is 3. The highest BCUT2D eigenvalue weighted by Crippen LogP contribution is 2.23. The highest BCUT2D eigenvalue weighted by Gasteiger charge is 2.23. The minimum absolute atomic E-state index is 0.0766. The lowest BCUT2D eigenvalue weighted by Gasteiger charge is -2.35. The molecular weight excluding hydrogens is 374 g/mol. The lowest BCUT2D eigenvalue weighted by molar-refractivity contribution is 0.0746. The van der Waals surface area contributed by atoms with Gasteiger partial charge in [-0.2, -0.15) is 0 Å². The summed E-state index contributed by atoms with van der Waals surface area (Å²) in [5.41, 5.74) is 2.96. The Bertz CT molecular complexity index is 1020. The summed E-state index contributed by atoms with van der Waals surface area (Å²) < 4.78 is 5.71. The van der Waals surface area contributed by atoms with Gasteiger partial charge < -0.3 is 14.5 Å². The molecule has 5 nitrogen and oxygen atoms in total. The number of carbonyl (C=O) groups excluding carboxylic acids is 1. The van der Waals surface area contributed by atoms with E-state index in [9.17, 15) is 4.79 Å². The van der Waals surface area contributed by atoms with E-state index in [4.69, 9.17) is 9.72 Å². The number of aryl methyl sites for hydroxylation is 1. The molecule has 0 bridgehead atoms. The Hall–Kier alpha value is -3.08. The van der Waals surface area contributed by atoms with Crippen molar-refractivity contribution in [1.82, 2.24) is 9.88 Å². The number of anilines is 1. The molecule has 1 aromatic heterocycles. The Kier molecular flexibility index (Phi) is 5.88. The molecule has 1 saturated heterocycles. The van der Waals surface area contributed by atoms with Gasteiger partial charge >= 0.3 is 0 Å². The molecule has 1 aliphatic rings. The highest BCUT2D eigenvalue weighted by atomic mass is 16.5. The van der Waals surface area contributed by atoms with E-state index in [1.165, 1.54) is 10.9 Å². The monoisotopic (exact) mass is 403 g/mol. The molecule has 1 amide bonds. The van der Waals surface area contributed by atoms with Gasteiger partial charge in [0, 0.05) is 37.1 Å². The SMILES string of the molecule is Cc1cc(N2CCN(C(=O)c3ccc(OCC(C)C)cc3)CC2)nc2ccccc12. The van der Waals surface area contributed by atoms with Crippen LogP contribution in [-0.2, 0) is 0 Å². The first-order valence-corrected chi connectivity index (χ1v) is 10.6. The summed E-state index contributed by atoms with van der Waals surface area (Å²) in [6, 6.07) is 17.9. The molecule has 4 rings (SSSR count). The summed E-state index contributed by atoms with van der Waals surface area (Å²) in [6.07, 6.45) is 0. The summed E-state index contributed by atoms with van der Waals surface area (Å²) >= 11 is 0. The molecule has 0 N–H and O–H groups in total. The molecule has 30 heavy (non-hydrogen) atoms. The standard InChI is InChI=1S/C25H29N3O2/c1-18(2)17-30-21-10-8-20(9-11-21)25(29)28-14-12-27(13-15-28)24-16-19(3)22-6-4-5-7-23(22)26-24/h4-11,16,18H,12-15,17H2,1-3H3. The smallest absolute Gasteiger partial charge is 0.253 e. The molecule has 2 aromatic carbocycles. The lowest BCUT2D eigenvalue weighted by Crippen LogP contribution is -2.49. The zero-order chi connectivity index (χ0) is 21.1. The topological polar surface area (TPSA) is 45.7 Å². The first-order chi connectivity index (χ1) is 14.5. The van der Waals surface area contributed by atoms with Gasteiger partial charge in [-0.3, -0.25) is 4.79 Å². The number of rotatable bonds is 5. The fourth-order valence-electron chi connectivity index (χ4n) is 3.77. The number of aromatic nitrogens is 1. The number of ether oxygens (including phenoxy) is 1. The summed E-state index contributed by atoms with van der Waals surface area (Å²) in [6.45, 7) is 9.99. The van der Waals surface area contributed by atoms with E-state index in [1.54, 1.807) is 0 Å². The number of fused-ring (bicyclic) bond motifs is 1. The number of piperazine rings is 1. The molecule has 156 valence electrons. The van der Waals surface area contributed by atoms with Crippen molar-refractivity contribution in [3.8, 4) is 5.75 Å². The predicted octanol–water partition coefficient (Wildman–Crippen LogP) is 4.54. The molecule has 0 spiro atoms. The molecule has 3 aromatic rings. The highest BCUT2D eigenvalue weighted by molar-refractivity contribution is 5.94. The van der Waals surface area contributed by atoms with Gasteiger partial charge in [-0.05, 0) is 54.8 Å². The average Bonchev–Trinajstić information content (AvgIpc) is 2.77. The third-order valence-electron chi connectivity index (χ3n) is 5.48. The van der Waals surface area contributed by atoms with Crippen LogP contribution in [0.4, 0.5) is 5.82 Å². The van der Waals surface area contributed by atoms with Gasteiger partial charge in [0.1, 0.15) is 11.6 Å². The van der Waals surface area contributed by atoms with Gasteiger partial charge in [-0.1, -0.05) is 32.0 Å². The van der Waals surface area contributed by atoms with Crippen LogP contribution < -0.4 is 9.64 Å². The molecule has 1 fully saturated rings. The fraction of sp³-hybridized carbons (Fsp3) is 0.360. The lowest BCUT2D eigenvalue weighted by atomic mass is 10.1. The number of carbonyl (C=O) groups is 1. The van der Waals surface area contributed by atoms with Crippen molar-refractivity contribution in [2.24, 2.45) is 5.92 Å². The van der Waals surface area contributed by atoms with Crippen molar-refractivity contribution in [1.29, 1.82) is 0 Å². The van der Waals surface area contributed by atoms with Gasteiger partial charge in [0.25, 0.3) is 5.91 Å². The van der Waals surface area contributed by atoms with E-state index in [0.29, 0.717) is 31.2 Å². The van der Waals surface area contributed by atoms with Crippen LogP contribution in [0.5, 0.6) is 5.75 Å². The van der Waals surface area contributed by atoms with Crippen LogP contribution in [0.25, 0.3) is 10.9 Å². The van der Waals surface area contributed by atoms with Crippen LogP contribution in [0.3, 0.4) is 0 Å². The third-order valence-corrected chi connectivity index (χ3v) is 5.48. The van der Waals surface area contributed by atoms with Crippen LogP contribution in [0, 0.1) is 12.8 Å². The minimum Gasteiger partial charge on any atom is -0.493 e. The molecular formula is C25H29N3O2. The molecule has 0 radical (unpaired) electrons. The van der Waals surface area contributed by atoms with Gasteiger partial charge in [0.2, 0.25) is 0 Å². The largest absolute Gasteiger partial charge is 0.493 e. The number of para-hydroxylation sites is 1. The molecule has 1 aliphatic heterocycles. The number of benzene rings is 2. The maximum atomic E-state index is 12.9. The van der Waals surface area contributed by atoms with Crippen LogP contribution in [0.15, 0.2) is 54.6 Å². The quantitative estimate of drug-likeness (QED) is 0.627. The second-order valence-electron chi connectivity index (χ2n) is 8.32. The van der Waals surface area contributed by atoms with Gasteiger partial charge in [0.15, 0.2) is 0 Å². The number of amides is 1. The van der Waals surface area contributed by atoms with E-state index in [0.717, 1.165) is 30.2 Å². The zero-order valence-corrected chi connectivity index (χ0v) is 18.0. The second-order valence-corrected chi connectivity index (χ2v) is 8.32. The van der Waals surface area contributed by atoms with Crippen LogP contribution in [-0.4, -0.2) is 48.6 Å². The first kappa shape index (κ1) is 20.2. The van der Waals surface area contributed by atoms with Crippen molar-refractivity contribution >= 4 is 22.6 Å². The minimum atomic E-state index is 0.0766. The number of hydrogen-bond donors (Lipinski definition) is 0. The second kappa shape index (κ2) is 8.74. The van der Waals surface area contributed by atoms with Crippen LogP contribution in [0.2, 0.25) is 0 Å². The summed E-state index contributed by atoms with van der Waals surface area (Å²) in [4.78, 5) is 21.9. The van der Waals surface area contributed by atoms with Crippen LogP contribution in [0.1, 0.15) is 29.8 Å². The Labute approximate surface area is 178 Å². The Morgan fingerprint density at radius 1 is 1.03 bits per heavy atom.